The van der Waals surface area contributed by atoms with Crippen LogP contribution in [0.1, 0.15) is 35.1 Å². The van der Waals surface area contributed by atoms with Crippen molar-refractivity contribution in [1.82, 2.24) is 9.47 Å². The maximum absolute atomic E-state index is 12.9. The number of amides is 1. The molecule has 6 nitrogen and oxygen atoms in total. The predicted molar refractivity (Wildman–Crippen MR) is 98.0 cm³/mol. The number of ether oxygens (including phenoxy) is 2. The van der Waals surface area contributed by atoms with Crippen LogP contribution < -0.4 is 9.47 Å². The lowest BCUT2D eigenvalue weighted by molar-refractivity contribution is 0.0745. The average molecular weight is 353 g/mol. The van der Waals surface area contributed by atoms with Gasteiger partial charge in [-0.2, -0.15) is 5.26 Å². The van der Waals surface area contributed by atoms with Gasteiger partial charge in [-0.05, 0) is 39.0 Å². The molecule has 0 saturated heterocycles. The van der Waals surface area contributed by atoms with E-state index in [2.05, 4.69) is 6.07 Å². The Morgan fingerprint density at radius 2 is 1.96 bits per heavy atom. The van der Waals surface area contributed by atoms with Crippen molar-refractivity contribution in [3.05, 3.63) is 41.2 Å². The van der Waals surface area contributed by atoms with Crippen molar-refractivity contribution < 1.29 is 14.3 Å². The van der Waals surface area contributed by atoms with Crippen molar-refractivity contribution in [2.24, 2.45) is 0 Å². The maximum atomic E-state index is 12.9. The van der Waals surface area contributed by atoms with E-state index in [1.54, 1.807) is 11.9 Å². The highest BCUT2D eigenvalue weighted by Crippen LogP contribution is 2.33. The molecule has 0 bridgehead atoms. The number of carbonyl (C=O) groups is 1. The summed E-state index contributed by atoms with van der Waals surface area (Å²) >= 11 is 0. The summed E-state index contributed by atoms with van der Waals surface area (Å²) in [6.45, 7) is 6.87. The number of fused-ring (bicyclic) bond motifs is 1. The molecule has 0 radical (unpaired) electrons. The number of carbonyl (C=O) groups excluding carboxylic acids is 1. The normalized spacial score (nSPS) is 13.8. The van der Waals surface area contributed by atoms with E-state index in [1.165, 1.54) is 0 Å². The molecule has 1 unspecified atom stereocenters. The summed E-state index contributed by atoms with van der Waals surface area (Å²) in [5.74, 6) is 1.38. The van der Waals surface area contributed by atoms with Crippen molar-refractivity contribution >= 4 is 5.91 Å². The van der Waals surface area contributed by atoms with Gasteiger partial charge in [-0.3, -0.25) is 4.79 Å². The summed E-state index contributed by atoms with van der Waals surface area (Å²) < 4.78 is 13.3. The monoisotopic (exact) mass is 353 g/mol. The maximum Gasteiger partial charge on any atom is 0.255 e. The number of aromatic nitrogens is 1. The Hall–Kier alpha value is -2.94. The van der Waals surface area contributed by atoms with Crippen molar-refractivity contribution in [2.75, 3.05) is 20.3 Å². The van der Waals surface area contributed by atoms with Crippen LogP contribution in [0.4, 0.5) is 0 Å². The Balaban J connectivity index is 1.96. The molecule has 0 saturated carbocycles. The lowest BCUT2D eigenvalue weighted by Crippen LogP contribution is -2.35. The molecule has 0 aliphatic carbocycles. The summed E-state index contributed by atoms with van der Waals surface area (Å²) in [4.78, 5) is 14.5. The zero-order valence-electron chi connectivity index (χ0n) is 15.6. The molecule has 1 atom stereocenters. The first-order chi connectivity index (χ1) is 12.4. The minimum atomic E-state index is -0.134. The van der Waals surface area contributed by atoms with E-state index in [9.17, 15) is 4.79 Å². The molecule has 0 fully saturated rings. The largest absolute Gasteiger partial charge is 0.486 e. The van der Waals surface area contributed by atoms with Gasteiger partial charge in [-0.1, -0.05) is 0 Å². The van der Waals surface area contributed by atoms with Crippen LogP contribution in [0.3, 0.4) is 0 Å². The van der Waals surface area contributed by atoms with Crippen LogP contribution in [0.15, 0.2) is 24.3 Å². The zero-order chi connectivity index (χ0) is 18.8. The Morgan fingerprint density at radius 3 is 2.65 bits per heavy atom. The van der Waals surface area contributed by atoms with E-state index < -0.39 is 0 Å². The first-order valence-corrected chi connectivity index (χ1v) is 8.67. The second-order valence-electron chi connectivity index (χ2n) is 6.58. The summed E-state index contributed by atoms with van der Waals surface area (Å²) in [5, 5.41) is 8.87. The van der Waals surface area contributed by atoms with Gasteiger partial charge in [0.25, 0.3) is 5.91 Å². The molecule has 2 heterocycles. The summed E-state index contributed by atoms with van der Waals surface area (Å²) in [6.07, 6.45) is 0.309. The lowest BCUT2D eigenvalue weighted by atomic mass is 10.1. The minimum absolute atomic E-state index is 0.0790. The highest BCUT2D eigenvalue weighted by Gasteiger charge is 2.23. The van der Waals surface area contributed by atoms with E-state index in [4.69, 9.17) is 14.7 Å². The molecule has 1 aromatic carbocycles. The number of hydrogen-bond donors (Lipinski definition) is 0. The van der Waals surface area contributed by atoms with Gasteiger partial charge in [0.05, 0.1) is 18.1 Å². The third-order valence-electron chi connectivity index (χ3n) is 4.81. The molecule has 3 rings (SSSR count). The van der Waals surface area contributed by atoms with Crippen molar-refractivity contribution in [3.63, 3.8) is 0 Å². The molecular formula is C20H23N3O3. The highest BCUT2D eigenvalue weighted by molar-refractivity contribution is 5.96. The van der Waals surface area contributed by atoms with E-state index in [0.29, 0.717) is 30.9 Å². The van der Waals surface area contributed by atoms with E-state index >= 15 is 0 Å². The molecule has 0 spiro atoms. The van der Waals surface area contributed by atoms with Crippen molar-refractivity contribution in [2.45, 2.75) is 33.2 Å². The summed E-state index contributed by atoms with van der Waals surface area (Å²) in [7, 11) is 1.74. The van der Waals surface area contributed by atoms with Gasteiger partial charge in [0.2, 0.25) is 0 Å². The van der Waals surface area contributed by atoms with Crippen LogP contribution in [0.5, 0.6) is 11.5 Å². The van der Waals surface area contributed by atoms with Crippen LogP contribution in [0, 0.1) is 25.2 Å². The Kier molecular flexibility index (Phi) is 4.90. The minimum Gasteiger partial charge on any atom is -0.486 e. The molecule has 26 heavy (non-hydrogen) atoms. The molecule has 0 N–H and O–H groups in total. The Morgan fingerprint density at radius 1 is 1.27 bits per heavy atom. The van der Waals surface area contributed by atoms with Crippen LogP contribution in [-0.2, 0) is 0 Å². The number of benzene rings is 1. The molecule has 1 amide bonds. The summed E-state index contributed by atoms with van der Waals surface area (Å²) in [5.41, 5.74) is 3.39. The van der Waals surface area contributed by atoms with Crippen molar-refractivity contribution in [3.8, 4) is 23.3 Å². The first-order valence-electron chi connectivity index (χ1n) is 8.67. The molecule has 1 aliphatic heterocycles. The van der Waals surface area contributed by atoms with Crippen LogP contribution >= 0.6 is 0 Å². The lowest BCUT2D eigenvalue weighted by Gasteiger charge is -2.23. The van der Waals surface area contributed by atoms with Gasteiger partial charge in [-0.15, -0.1) is 0 Å². The fourth-order valence-electron chi connectivity index (χ4n) is 3.21. The van der Waals surface area contributed by atoms with Gasteiger partial charge in [0.1, 0.15) is 13.2 Å². The van der Waals surface area contributed by atoms with Gasteiger partial charge >= 0.3 is 0 Å². The van der Waals surface area contributed by atoms with Gasteiger partial charge in [-0.25, -0.2) is 0 Å². The molecular weight excluding hydrogens is 330 g/mol. The Labute approximate surface area is 153 Å². The fourth-order valence-corrected chi connectivity index (χ4v) is 3.21. The number of rotatable bonds is 4. The standard InChI is InChI=1S/C20H23N3O3/c1-13(7-8-21)22(4)20(24)17-11-14(2)23(15(17)3)16-5-6-18-19(12-16)26-10-9-25-18/h5-6,11-13H,7,9-10H2,1-4H3. The second-order valence-corrected chi connectivity index (χ2v) is 6.58. The number of nitriles is 1. The number of nitrogens with zero attached hydrogens (tertiary/aromatic N) is 3. The molecule has 136 valence electrons. The van der Waals surface area contributed by atoms with E-state index in [1.807, 2.05) is 49.6 Å². The van der Waals surface area contributed by atoms with Crippen LogP contribution in [-0.4, -0.2) is 41.7 Å². The predicted octanol–water partition coefficient (Wildman–Crippen LogP) is 3.24. The smallest absolute Gasteiger partial charge is 0.255 e. The van der Waals surface area contributed by atoms with Gasteiger partial charge in [0, 0.05) is 36.2 Å². The zero-order valence-corrected chi connectivity index (χ0v) is 15.6. The molecule has 1 aromatic heterocycles. The van der Waals surface area contributed by atoms with Gasteiger partial charge in [0.15, 0.2) is 11.5 Å². The van der Waals surface area contributed by atoms with E-state index in [-0.39, 0.29) is 11.9 Å². The number of hydrogen-bond acceptors (Lipinski definition) is 4. The fraction of sp³-hybridized carbons (Fsp3) is 0.400. The highest BCUT2D eigenvalue weighted by atomic mass is 16.6. The quantitative estimate of drug-likeness (QED) is 0.846. The molecule has 2 aromatic rings. The average Bonchev–Trinajstić information content (AvgIpc) is 2.94. The number of aryl methyl sites for hydroxylation is 1. The molecule has 1 aliphatic rings. The first kappa shape index (κ1) is 17.9. The molecule has 6 heteroatoms. The topological polar surface area (TPSA) is 67.5 Å². The Bertz CT molecular complexity index is 879. The third kappa shape index (κ3) is 3.13. The van der Waals surface area contributed by atoms with Crippen LogP contribution in [0.2, 0.25) is 0 Å². The van der Waals surface area contributed by atoms with Crippen LogP contribution in [0.25, 0.3) is 5.69 Å². The van der Waals surface area contributed by atoms with Crippen molar-refractivity contribution in [1.29, 1.82) is 5.26 Å². The summed E-state index contributed by atoms with van der Waals surface area (Å²) in [6, 6.07) is 9.67. The SMILES string of the molecule is Cc1cc(C(=O)N(C)C(C)CC#N)c(C)n1-c1ccc2c(c1)OCCO2. The third-order valence-corrected chi connectivity index (χ3v) is 4.81. The van der Waals surface area contributed by atoms with E-state index in [0.717, 1.165) is 22.8 Å². The van der Waals surface area contributed by atoms with Gasteiger partial charge < -0.3 is 18.9 Å². The second kappa shape index (κ2) is 7.12.